The number of nitro benzene ring substituents is 1. The molecule has 1 unspecified atom stereocenters. The van der Waals surface area contributed by atoms with Gasteiger partial charge in [-0.1, -0.05) is 36.2 Å². The number of ether oxygens (including phenoxy) is 6. The fraction of sp³-hybridized carbons (Fsp3) is 0.591. The molecule has 60 heavy (non-hydrogen) atoms. The van der Waals surface area contributed by atoms with Crippen LogP contribution in [-0.4, -0.2) is 115 Å². The van der Waals surface area contributed by atoms with Crippen LogP contribution in [-0.2, 0) is 23.8 Å². The van der Waals surface area contributed by atoms with Gasteiger partial charge in [-0.3, -0.25) is 15.0 Å². The summed E-state index contributed by atoms with van der Waals surface area (Å²) in [5.74, 6) is -1.28. The van der Waals surface area contributed by atoms with E-state index in [9.17, 15) is 30.2 Å². The van der Waals surface area contributed by atoms with E-state index < -0.39 is 35.1 Å². The number of methoxy groups -OCH3 is 1. The molecule has 1 saturated carbocycles. The molecule has 16 nitrogen and oxygen atoms in total. The predicted octanol–water partition coefficient (Wildman–Crippen LogP) is 6.62. The third kappa shape index (κ3) is 10.3. The fourth-order valence-electron chi connectivity index (χ4n) is 9.25. The van der Waals surface area contributed by atoms with Crippen LogP contribution in [0.1, 0.15) is 75.7 Å². The van der Waals surface area contributed by atoms with Gasteiger partial charge in [0.15, 0.2) is 0 Å². The number of carbonyl (C=O) groups is 1. The first-order valence-electron chi connectivity index (χ1n) is 21.1. The molecule has 2 aliphatic carbocycles. The van der Waals surface area contributed by atoms with E-state index in [1.807, 2.05) is 6.07 Å². The number of non-ortho nitro benzene ring substituents is 1. The maximum atomic E-state index is 14.0. The maximum Gasteiger partial charge on any atom is 0.410 e. The number of hydrogen-bond acceptors (Lipinski definition) is 14. The van der Waals surface area contributed by atoms with E-state index in [0.29, 0.717) is 48.8 Å². The van der Waals surface area contributed by atoms with Gasteiger partial charge >= 0.3 is 6.09 Å². The maximum absolute atomic E-state index is 14.0. The zero-order valence-electron chi connectivity index (χ0n) is 34.4. The summed E-state index contributed by atoms with van der Waals surface area (Å²) >= 11 is 0. The molecule has 0 radical (unpaired) electrons. The minimum Gasteiger partial charge on any atom is -0.459 e. The number of allylic oxidation sites excluding steroid dienone is 1. The van der Waals surface area contributed by atoms with Crippen molar-refractivity contribution in [2.75, 3.05) is 59.9 Å². The molecule has 2 fully saturated rings. The average molecular weight is 838 g/mol. The Morgan fingerprint density at radius 3 is 2.57 bits per heavy atom. The van der Waals surface area contributed by atoms with E-state index in [4.69, 9.17) is 38.4 Å². The first-order chi connectivity index (χ1) is 29.3. The first-order valence-corrected chi connectivity index (χ1v) is 21.1. The predicted molar refractivity (Wildman–Crippen MR) is 220 cm³/mol. The summed E-state index contributed by atoms with van der Waals surface area (Å²) in [6, 6.07) is 10.6. The molecule has 2 aliphatic heterocycles. The molecule has 1 amide bonds. The van der Waals surface area contributed by atoms with Crippen LogP contribution < -0.4 is 9.47 Å². The van der Waals surface area contributed by atoms with Crippen molar-refractivity contribution in [3.8, 4) is 17.2 Å². The Labute approximate surface area is 350 Å². The molecule has 2 aromatic rings. The molecule has 1 saturated heterocycles. The second kappa shape index (κ2) is 21.8. The zero-order chi connectivity index (χ0) is 42.5. The van der Waals surface area contributed by atoms with Crippen molar-refractivity contribution in [3.63, 3.8) is 0 Å². The Morgan fingerprint density at radius 2 is 1.85 bits per heavy atom. The minimum absolute atomic E-state index is 0.00725. The van der Waals surface area contributed by atoms with Gasteiger partial charge in [0.25, 0.3) is 5.69 Å². The number of aliphatic hydroxyl groups is 3. The highest BCUT2D eigenvalue weighted by Gasteiger charge is 2.65. The highest BCUT2D eigenvalue weighted by Crippen LogP contribution is 2.62. The lowest BCUT2D eigenvalue weighted by Crippen LogP contribution is -2.70. The third-order valence-electron chi connectivity index (χ3n) is 11.8. The lowest BCUT2D eigenvalue weighted by atomic mass is 9.55. The van der Waals surface area contributed by atoms with Crippen molar-refractivity contribution in [2.24, 2.45) is 22.9 Å². The number of rotatable bonds is 22. The molecular weight excluding hydrogens is 778 g/mol. The molecule has 0 spiro atoms. The van der Waals surface area contributed by atoms with Crippen LogP contribution in [0, 0.1) is 27.9 Å². The zero-order valence-corrected chi connectivity index (χ0v) is 34.4. The quantitative estimate of drug-likeness (QED) is 0.0495. The Balaban J connectivity index is 1.57. The molecule has 2 heterocycles. The number of amides is 1. The summed E-state index contributed by atoms with van der Waals surface area (Å²) < 4.78 is 37.4. The highest BCUT2D eigenvalue weighted by atomic mass is 16.8. The van der Waals surface area contributed by atoms with E-state index in [1.54, 1.807) is 35.2 Å². The van der Waals surface area contributed by atoms with Gasteiger partial charge in [0, 0.05) is 50.1 Å². The van der Waals surface area contributed by atoms with Crippen LogP contribution >= 0.6 is 0 Å². The van der Waals surface area contributed by atoms with E-state index in [2.05, 4.69) is 12.7 Å². The van der Waals surface area contributed by atoms with Crippen LogP contribution in [0.4, 0.5) is 10.5 Å². The van der Waals surface area contributed by atoms with E-state index in [1.165, 1.54) is 19.2 Å². The van der Waals surface area contributed by atoms with Crippen molar-refractivity contribution in [1.29, 1.82) is 0 Å². The van der Waals surface area contributed by atoms with Gasteiger partial charge in [-0.05, 0) is 80.2 Å². The summed E-state index contributed by atoms with van der Waals surface area (Å²) in [5, 5.41) is 45.7. The second-order valence-electron chi connectivity index (χ2n) is 15.5. The Hall–Kier alpha value is -4.58. The van der Waals surface area contributed by atoms with Crippen LogP contribution in [0.3, 0.4) is 0 Å². The number of oxime groups is 1. The molecular formula is C44H59N3O13. The summed E-state index contributed by atoms with van der Waals surface area (Å²) in [6.07, 6.45) is 9.60. The van der Waals surface area contributed by atoms with Crippen molar-refractivity contribution in [3.05, 3.63) is 82.4 Å². The van der Waals surface area contributed by atoms with Gasteiger partial charge in [0.05, 0.1) is 62.8 Å². The highest BCUT2D eigenvalue weighted by molar-refractivity contribution is 6.03. The molecule has 4 aliphatic rings. The topological polar surface area (TPSA) is 201 Å². The lowest BCUT2D eigenvalue weighted by Gasteiger charge is -2.59. The van der Waals surface area contributed by atoms with E-state index in [0.717, 1.165) is 49.7 Å². The fourth-order valence-corrected chi connectivity index (χ4v) is 9.25. The second-order valence-corrected chi connectivity index (χ2v) is 15.5. The number of unbranched alkanes of at least 4 members (excludes halogenated alkanes) is 2. The Morgan fingerprint density at radius 1 is 1.05 bits per heavy atom. The van der Waals surface area contributed by atoms with Crippen LogP contribution in [0.15, 0.2) is 71.9 Å². The number of aliphatic hydroxyl groups excluding tert-OH is 3. The molecule has 3 N–H and O–H groups in total. The number of nitro groups is 1. The van der Waals surface area contributed by atoms with Gasteiger partial charge in [-0.15, -0.1) is 6.58 Å². The summed E-state index contributed by atoms with van der Waals surface area (Å²) in [4.78, 5) is 32.8. The lowest BCUT2D eigenvalue weighted by molar-refractivity contribution is -0.384. The normalized spacial score (nSPS) is 26.2. The molecule has 6 rings (SSSR count). The largest absolute Gasteiger partial charge is 0.459 e. The molecule has 2 aromatic carbocycles. The average Bonchev–Trinajstić information content (AvgIpc) is 3.26. The van der Waals surface area contributed by atoms with Crippen molar-refractivity contribution < 1.29 is 58.3 Å². The molecule has 328 valence electrons. The Kier molecular flexibility index (Phi) is 16.3. The Bertz CT molecular complexity index is 1820. The first kappa shape index (κ1) is 45.0. The van der Waals surface area contributed by atoms with Crippen LogP contribution in [0.5, 0.6) is 17.2 Å². The summed E-state index contributed by atoms with van der Waals surface area (Å²) in [5.41, 5.74) is 2.16. The minimum atomic E-state index is -1.53. The van der Waals surface area contributed by atoms with Gasteiger partial charge in [-0.2, -0.15) is 0 Å². The number of benzene rings is 2. The standard InChI is InChI=1S/C44H59N3O13/c1-3-22-57-44-39(46(43(51)54-2)18-24-55-25-21-50)29-37(45-60-40-15-6-9-23-56-40)35-26-30(11-4-7-19-48)34(14-5-8-20-49)41(42(35)44)36-28-33(16-17-38(36)59-44)58-32-13-10-12-31(27-32)47(52)53/h3,10,12-13,16-17,26-28,30,34,39-42,48-50H,1,4-9,11,14-15,18-25,29H2,2H3/t30-,34+,39-,40?,41+,42+,44+/m0/s1. The molecule has 0 bridgehead atoms. The number of hydrogen-bond donors (Lipinski definition) is 3. The monoisotopic (exact) mass is 837 g/mol. The molecule has 7 atom stereocenters. The van der Waals surface area contributed by atoms with Gasteiger partial charge in [-0.25, -0.2) is 4.79 Å². The molecule has 0 aromatic heterocycles. The number of carbonyl (C=O) groups excluding carboxylic acids is 1. The van der Waals surface area contributed by atoms with Crippen molar-refractivity contribution in [1.82, 2.24) is 4.90 Å². The van der Waals surface area contributed by atoms with Crippen LogP contribution in [0.2, 0.25) is 0 Å². The van der Waals surface area contributed by atoms with Crippen LogP contribution in [0.25, 0.3) is 0 Å². The van der Waals surface area contributed by atoms with E-state index in [-0.39, 0.29) is 76.0 Å². The SMILES string of the molecule is C=CCO[C@@]12Oc3ccc(Oc4cccc([N+](=O)[O-])c4)cc3[C@H]3[C@H](CCCCO)[C@@H](CCCCO)C=C(C(=NOC4CCCCO4)C[C@@H]1N(CCOCCO)C(=O)OC)[C@H]32. The smallest absolute Gasteiger partial charge is 0.410 e. The molecule has 16 heteroatoms. The summed E-state index contributed by atoms with van der Waals surface area (Å²) in [7, 11) is 1.31. The third-order valence-corrected chi connectivity index (χ3v) is 11.8. The number of nitrogens with zero attached hydrogens (tertiary/aromatic N) is 3. The van der Waals surface area contributed by atoms with Crippen molar-refractivity contribution in [2.45, 2.75) is 88.2 Å². The summed E-state index contributed by atoms with van der Waals surface area (Å²) in [6.45, 7) is 4.75. The number of fused-ring (bicyclic) bond motifs is 2. The van der Waals surface area contributed by atoms with Gasteiger partial charge in [0.2, 0.25) is 12.1 Å². The van der Waals surface area contributed by atoms with Gasteiger partial charge < -0.3 is 48.6 Å². The van der Waals surface area contributed by atoms with Gasteiger partial charge in [0.1, 0.15) is 23.3 Å². The van der Waals surface area contributed by atoms with E-state index >= 15 is 0 Å². The van der Waals surface area contributed by atoms with Crippen molar-refractivity contribution >= 4 is 17.5 Å².